The quantitative estimate of drug-likeness (QED) is 0.701. The SMILES string of the molecule is CC1(C(=O)N2Cc3[nH]cnc3CC2C(=O)O)CCCN1. The first-order chi connectivity index (χ1) is 9.51. The standard InChI is InChI=1S/C13H18N4O3/c1-13(3-2-4-16-13)12(20)17-6-9-8(14-7-15-9)5-10(17)11(18)19/h7,10,16H,2-6H2,1H3,(H,14,15)(H,18,19). The molecule has 0 aromatic carbocycles. The van der Waals surface area contributed by atoms with Crippen LogP contribution in [0.15, 0.2) is 6.33 Å². The lowest BCUT2D eigenvalue weighted by Crippen LogP contribution is -2.58. The number of carboxylic acids is 1. The van der Waals surface area contributed by atoms with Gasteiger partial charge < -0.3 is 20.3 Å². The topological polar surface area (TPSA) is 98.3 Å². The summed E-state index contributed by atoms with van der Waals surface area (Å²) in [7, 11) is 0. The van der Waals surface area contributed by atoms with Gasteiger partial charge in [0.05, 0.1) is 29.8 Å². The Morgan fingerprint density at radius 3 is 3.00 bits per heavy atom. The van der Waals surface area contributed by atoms with Crippen LogP contribution in [0.5, 0.6) is 0 Å². The molecule has 3 heterocycles. The van der Waals surface area contributed by atoms with E-state index in [0.717, 1.165) is 30.8 Å². The fourth-order valence-corrected chi connectivity index (χ4v) is 3.06. The molecule has 0 saturated carbocycles. The normalized spacial score (nSPS) is 29.2. The van der Waals surface area contributed by atoms with Crippen LogP contribution < -0.4 is 5.32 Å². The number of aromatic amines is 1. The van der Waals surface area contributed by atoms with E-state index in [0.29, 0.717) is 0 Å². The number of carbonyl (C=O) groups is 2. The van der Waals surface area contributed by atoms with Crippen molar-refractivity contribution in [2.75, 3.05) is 6.54 Å². The molecular weight excluding hydrogens is 260 g/mol. The van der Waals surface area contributed by atoms with Crippen molar-refractivity contribution in [3.05, 3.63) is 17.7 Å². The number of amides is 1. The zero-order chi connectivity index (χ0) is 14.3. The summed E-state index contributed by atoms with van der Waals surface area (Å²) in [4.78, 5) is 32.8. The van der Waals surface area contributed by atoms with Crippen LogP contribution in [0.4, 0.5) is 0 Å². The minimum atomic E-state index is -0.978. The Morgan fingerprint density at radius 2 is 2.35 bits per heavy atom. The molecule has 3 rings (SSSR count). The molecule has 0 bridgehead atoms. The summed E-state index contributed by atoms with van der Waals surface area (Å²) >= 11 is 0. The van der Waals surface area contributed by atoms with Crippen molar-refractivity contribution in [1.82, 2.24) is 20.2 Å². The summed E-state index contributed by atoms with van der Waals surface area (Å²) < 4.78 is 0. The number of fused-ring (bicyclic) bond motifs is 1. The highest BCUT2D eigenvalue weighted by atomic mass is 16.4. The van der Waals surface area contributed by atoms with E-state index in [1.807, 2.05) is 6.92 Å². The van der Waals surface area contributed by atoms with E-state index in [1.54, 1.807) is 6.33 Å². The van der Waals surface area contributed by atoms with Gasteiger partial charge in [0.15, 0.2) is 0 Å². The molecule has 3 N–H and O–H groups in total. The number of H-pyrrole nitrogens is 1. The average molecular weight is 278 g/mol. The van der Waals surface area contributed by atoms with Crippen LogP contribution in [-0.2, 0) is 22.6 Å². The molecule has 2 aliphatic heterocycles. The molecule has 1 fully saturated rings. The zero-order valence-corrected chi connectivity index (χ0v) is 11.3. The number of hydrogen-bond donors (Lipinski definition) is 3. The number of hydrogen-bond acceptors (Lipinski definition) is 4. The number of rotatable bonds is 2. The molecule has 0 spiro atoms. The number of carbonyl (C=O) groups excluding carboxylic acids is 1. The highest BCUT2D eigenvalue weighted by molar-refractivity contribution is 5.90. The first-order valence-electron chi connectivity index (χ1n) is 6.81. The van der Waals surface area contributed by atoms with E-state index in [4.69, 9.17) is 0 Å². The van der Waals surface area contributed by atoms with Crippen LogP contribution in [-0.4, -0.2) is 50.0 Å². The summed E-state index contributed by atoms with van der Waals surface area (Å²) in [6, 6.07) is -0.836. The van der Waals surface area contributed by atoms with Crippen molar-refractivity contribution in [2.45, 2.75) is 44.3 Å². The third kappa shape index (κ3) is 1.98. The zero-order valence-electron chi connectivity index (χ0n) is 11.3. The van der Waals surface area contributed by atoms with E-state index in [9.17, 15) is 14.7 Å². The number of aliphatic carboxylic acids is 1. The van der Waals surface area contributed by atoms with Crippen molar-refractivity contribution in [2.24, 2.45) is 0 Å². The number of nitrogens with one attached hydrogen (secondary N) is 2. The molecule has 108 valence electrons. The molecule has 2 aliphatic rings. The largest absolute Gasteiger partial charge is 0.480 e. The molecular formula is C13H18N4O3. The minimum Gasteiger partial charge on any atom is -0.480 e. The Hall–Kier alpha value is -1.89. The molecule has 1 saturated heterocycles. The van der Waals surface area contributed by atoms with Gasteiger partial charge in [-0.15, -0.1) is 0 Å². The second-order valence-electron chi connectivity index (χ2n) is 5.68. The van der Waals surface area contributed by atoms with Gasteiger partial charge in [-0.05, 0) is 26.3 Å². The van der Waals surface area contributed by atoms with E-state index in [2.05, 4.69) is 15.3 Å². The van der Waals surface area contributed by atoms with Gasteiger partial charge in [-0.3, -0.25) is 4.79 Å². The van der Waals surface area contributed by atoms with Crippen molar-refractivity contribution in [3.8, 4) is 0 Å². The summed E-state index contributed by atoms with van der Waals surface area (Å²) in [5.41, 5.74) is 0.925. The summed E-state index contributed by atoms with van der Waals surface area (Å²) in [5, 5.41) is 12.6. The second kappa shape index (κ2) is 4.59. The van der Waals surface area contributed by atoms with Gasteiger partial charge in [-0.25, -0.2) is 9.78 Å². The Balaban J connectivity index is 1.90. The predicted molar refractivity (Wildman–Crippen MR) is 69.9 cm³/mol. The lowest BCUT2D eigenvalue weighted by atomic mass is 9.94. The van der Waals surface area contributed by atoms with Crippen LogP contribution in [0.3, 0.4) is 0 Å². The van der Waals surface area contributed by atoms with Crippen LogP contribution in [0.1, 0.15) is 31.2 Å². The molecule has 1 amide bonds. The molecule has 0 radical (unpaired) electrons. The van der Waals surface area contributed by atoms with E-state index in [-0.39, 0.29) is 18.9 Å². The van der Waals surface area contributed by atoms with Gasteiger partial charge in [0.25, 0.3) is 0 Å². The Kier molecular flexibility index (Phi) is 3.01. The Bertz CT molecular complexity index is 548. The van der Waals surface area contributed by atoms with Crippen LogP contribution in [0, 0.1) is 0 Å². The van der Waals surface area contributed by atoms with Crippen molar-refractivity contribution in [3.63, 3.8) is 0 Å². The highest BCUT2D eigenvalue weighted by Crippen LogP contribution is 2.27. The average Bonchev–Trinajstić information content (AvgIpc) is 3.05. The van der Waals surface area contributed by atoms with Crippen LogP contribution in [0.2, 0.25) is 0 Å². The Morgan fingerprint density at radius 1 is 1.55 bits per heavy atom. The molecule has 0 aliphatic carbocycles. The first kappa shape index (κ1) is 13.1. The summed E-state index contributed by atoms with van der Waals surface area (Å²) in [5.74, 6) is -1.11. The fourth-order valence-electron chi connectivity index (χ4n) is 3.06. The second-order valence-corrected chi connectivity index (χ2v) is 5.68. The Labute approximate surface area is 116 Å². The van der Waals surface area contributed by atoms with Crippen molar-refractivity contribution >= 4 is 11.9 Å². The van der Waals surface area contributed by atoms with Crippen LogP contribution >= 0.6 is 0 Å². The maximum atomic E-state index is 12.7. The van der Waals surface area contributed by atoms with Gasteiger partial charge >= 0.3 is 5.97 Å². The van der Waals surface area contributed by atoms with E-state index in [1.165, 1.54) is 4.90 Å². The molecule has 7 nitrogen and oxygen atoms in total. The summed E-state index contributed by atoms with van der Waals surface area (Å²) in [6.45, 7) is 2.93. The van der Waals surface area contributed by atoms with Gasteiger partial charge in [0.2, 0.25) is 5.91 Å². The fraction of sp³-hybridized carbons (Fsp3) is 0.615. The maximum Gasteiger partial charge on any atom is 0.326 e. The predicted octanol–water partition coefficient (Wildman–Crippen LogP) is -0.110. The van der Waals surface area contributed by atoms with Gasteiger partial charge in [-0.1, -0.05) is 0 Å². The molecule has 1 aromatic rings. The van der Waals surface area contributed by atoms with E-state index < -0.39 is 17.6 Å². The monoisotopic (exact) mass is 278 g/mol. The molecule has 20 heavy (non-hydrogen) atoms. The summed E-state index contributed by atoms with van der Waals surface area (Å²) in [6.07, 6.45) is 3.48. The number of aromatic nitrogens is 2. The van der Waals surface area contributed by atoms with Gasteiger partial charge in [0.1, 0.15) is 6.04 Å². The third-order valence-corrected chi connectivity index (χ3v) is 4.29. The van der Waals surface area contributed by atoms with Crippen LogP contribution in [0.25, 0.3) is 0 Å². The van der Waals surface area contributed by atoms with Gasteiger partial charge in [0, 0.05) is 6.42 Å². The van der Waals surface area contributed by atoms with Gasteiger partial charge in [-0.2, -0.15) is 0 Å². The molecule has 1 aromatic heterocycles. The highest BCUT2D eigenvalue weighted by Gasteiger charge is 2.44. The molecule has 2 unspecified atom stereocenters. The molecule has 7 heteroatoms. The lowest BCUT2D eigenvalue weighted by Gasteiger charge is -2.37. The third-order valence-electron chi connectivity index (χ3n) is 4.29. The van der Waals surface area contributed by atoms with Crippen molar-refractivity contribution in [1.29, 1.82) is 0 Å². The number of nitrogens with zero attached hydrogens (tertiary/aromatic N) is 2. The smallest absolute Gasteiger partial charge is 0.326 e. The van der Waals surface area contributed by atoms with Crippen molar-refractivity contribution < 1.29 is 14.7 Å². The minimum absolute atomic E-state index is 0.136. The molecule has 2 atom stereocenters. The lowest BCUT2D eigenvalue weighted by molar-refractivity contribution is -0.154. The number of carboxylic acid groups (broad SMARTS) is 1. The first-order valence-corrected chi connectivity index (χ1v) is 6.81. The van der Waals surface area contributed by atoms with E-state index >= 15 is 0 Å². The number of imidazole rings is 1. The maximum absolute atomic E-state index is 12.7.